The Morgan fingerprint density at radius 2 is 1.81 bits per heavy atom. The second kappa shape index (κ2) is 9.15. The van der Waals surface area contributed by atoms with Crippen LogP contribution in [0, 0.1) is 29.1 Å². The standard InChI is InChI=1S/C28H46O3/c1-19(9-10-20(2)26(3,4)30)24-13-14-25-22(8-7-15-28(24,25)6)12-11-21-16-23(29)18-27(5,31)17-21/h9-12,19-20,23-25,29-31H,7-8,13-18H2,1-6H3. The molecule has 0 aromatic rings. The van der Waals surface area contributed by atoms with E-state index in [2.05, 4.69) is 45.1 Å². The molecule has 31 heavy (non-hydrogen) atoms. The number of aliphatic hydroxyl groups excluding tert-OH is 1. The summed E-state index contributed by atoms with van der Waals surface area (Å²) in [5, 5.41) is 30.8. The van der Waals surface area contributed by atoms with Crippen molar-refractivity contribution in [1.82, 2.24) is 0 Å². The van der Waals surface area contributed by atoms with Crippen molar-refractivity contribution in [2.75, 3.05) is 0 Å². The largest absolute Gasteiger partial charge is 0.393 e. The molecule has 3 nitrogen and oxygen atoms in total. The van der Waals surface area contributed by atoms with E-state index in [0.29, 0.717) is 42.4 Å². The van der Waals surface area contributed by atoms with Crippen LogP contribution in [0.4, 0.5) is 0 Å². The number of allylic oxidation sites excluding steroid dienone is 4. The van der Waals surface area contributed by atoms with E-state index in [9.17, 15) is 15.3 Å². The first kappa shape index (κ1) is 24.7. The third kappa shape index (κ3) is 5.72. The molecule has 0 saturated heterocycles. The van der Waals surface area contributed by atoms with Crippen molar-refractivity contribution < 1.29 is 15.3 Å². The monoisotopic (exact) mass is 430 g/mol. The molecule has 176 valence electrons. The molecule has 3 N–H and O–H groups in total. The molecule has 0 aromatic heterocycles. The number of aliphatic hydroxyl groups is 3. The van der Waals surface area contributed by atoms with Crippen LogP contribution in [0.5, 0.6) is 0 Å². The summed E-state index contributed by atoms with van der Waals surface area (Å²) in [6.07, 6.45) is 16.8. The Labute approximate surface area is 190 Å². The molecule has 3 saturated carbocycles. The minimum atomic E-state index is -0.788. The van der Waals surface area contributed by atoms with Gasteiger partial charge in [-0.05, 0) is 88.9 Å². The predicted octanol–water partition coefficient (Wildman–Crippen LogP) is 5.95. The summed E-state index contributed by atoms with van der Waals surface area (Å²) in [5.41, 5.74) is 1.62. The maximum Gasteiger partial charge on any atom is 0.0681 e. The van der Waals surface area contributed by atoms with E-state index in [-0.39, 0.29) is 5.92 Å². The fourth-order valence-corrected chi connectivity index (χ4v) is 6.72. The minimum Gasteiger partial charge on any atom is -0.393 e. The average molecular weight is 431 g/mol. The zero-order chi connectivity index (χ0) is 23.0. The van der Waals surface area contributed by atoms with E-state index >= 15 is 0 Å². The van der Waals surface area contributed by atoms with E-state index in [4.69, 9.17) is 0 Å². The molecule has 7 unspecified atom stereocenters. The Hall–Kier alpha value is -0.900. The summed E-state index contributed by atoms with van der Waals surface area (Å²) in [4.78, 5) is 0. The number of fused-ring (bicyclic) bond motifs is 1. The van der Waals surface area contributed by atoms with Gasteiger partial charge in [-0.25, -0.2) is 0 Å². The van der Waals surface area contributed by atoms with Gasteiger partial charge in [0.25, 0.3) is 0 Å². The minimum absolute atomic E-state index is 0.149. The highest BCUT2D eigenvalue weighted by molar-refractivity contribution is 5.27. The van der Waals surface area contributed by atoms with Gasteiger partial charge in [0.15, 0.2) is 0 Å². The lowest BCUT2D eigenvalue weighted by Crippen LogP contribution is -2.36. The molecule has 7 atom stereocenters. The first-order chi connectivity index (χ1) is 14.3. The quantitative estimate of drug-likeness (QED) is 0.472. The maximum absolute atomic E-state index is 10.4. The second-order valence-corrected chi connectivity index (χ2v) is 12.1. The van der Waals surface area contributed by atoms with Crippen LogP contribution in [-0.4, -0.2) is 32.6 Å². The maximum atomic E-state index is 10.4. The Bertz CT molecular complexity index is 723. The molecule has 0 heterocycles. The van der Waals surface area contributed by atoms with Crippen molar-refractivity contribution in [3.63, 3.8) is 0 Å². The van der Waals surface area contributed by atoms with E-state index in [1.54, 1.807) is 5.57 Å². The third-order valence-electron chi connectivity index (χ3n) is 8.80. The van der Waals surface area contributed by atoms with Crippen molar-refractivity contribution in [2.24, 2.45) is 29.1 Å². The number of hydrogen-bond acceptors (Lipinski definition) is 3. The van der Waals surface area contributed by atoms with Gasteiger partial charge in [-0.2, -0.15) is 0 Å². The summed E-state index contributed by atoms with van der Waals surface area (Å²) in [7, 11) is 0. The Morgan fingerprint density at radius 3 is 2.45 bits per heavy atom. The fraction of sp³-hybridized carbons (Fsp3) is 0.786. The molecule has 0 aromatic carbocycles. The van der Waals surface area contributed by atoms with Gasteiger partial charge in [-0.15, -0.1) is 0 Å². The van der Waals surface area contributed by atoms with Crippen molar-refractivity contribution >= 4 is 0 Å². The Morgan fingerprint density at radius 1 is 1.10 bits per heavy atom. The average Bonchev–Trinajstić information content (AvgIpc) is 2.99. The SMILES string of the molecule is CC(C=CC(C)C(C)(C)O)C1CCC2C(=CC=C3CC(O)CC(C)(O)C3)CCCC21C. The molecule has 0 amide bonds. The highest BCUT2D eigenvalue weighted by Gasteiger charge is 2.50. The smallest absolute Gasteiger partial charge is 0.0681 e. The molecule has 3 aliphatic carbocycles. The molecule has 0 bridgehead atoms. The molecule has 0 spiro atoms. The van der Waals surface area contributed by atoms with Crippen LogP contribution in [0.25, 0.3) is 0 Å². The molecule has 0 radical (unpaired) electrons. The number of rotatable bonds is 5. The van der Waals surface area contributed by atoms with Gasteiger partial charge in [-0.3, -0.25) is 0 Å². The molecule has 3 rings (SSSR count). The lowest BCUT2D eigenvalue weighted by molar-refractivity contribution is -0.0132. The lowest BCUT2D eigenvalue weighted by Gasteiger charge is -2.44. The van der Waals surface area contributed by atoms with Gasteiger partial charge < -0.3 is 15.3 Å². The molecular formula is C28H46O3. The van der Waals surface area contributed by atoms with Gasteiger partial charge in [0.2, 0.25) is 0 Å². The van der Waals surface area contributed by atoms with E-state index in [0.717, 1.165) is 0 Å². The topological polar surface area (TPSA) is 60.7 Å². The van der Waals surface area contributed by atoms with E-state index in [1.807, 2.05) is 20.8 Å². The third-order valence-corrected chi connectivity index (χ3v) is 8.80. The van der Waals surface area contributed by atoms with Gasteiger partial charge in [0.1, 0.15) is 0 Å². The molecular weight excluding hydrogens is 384 g/mol. The number of hydrogen-bond donors (Lipinski definition) is 3. The van der Waals surface area contributed by atoms with Crippen molar-refractivity contribution in [1.29, 1.82) is 0 Å². The normalized spacial score (nSPS) is 41.6. The van der Waals surface area contributed by atoms with Crippen LogP contribution in [0.1, 0.15) is 92.9 Å². The summed E-state index contributed by atoms with van der Waals surface area (Å²) >= 11 is 0. The van der Waals surface area contributed by atoms with Crippen LogP contribution in [-0.2, 0) is 0 Å². The Kier molecular flexibility index (Phi) is 7.30. The van der Waals surface area contributed by atoms with Crippen LogP contribution in [0.2, 0.25) is 0 Å². The zero-order valence-electron chi connectivity index (χ0n) is 20.7. The summed E-state index contributed by atoms with van der Waals surface area (Å²) in [6.45, 7) is 12.6. The fourth-order valence-electron chi connectivity index (χ4n) is 6.72. The van der Waals surface area contributed by atoms with Crippen LogP contribution < -0.4 is 0 Å². The first-order valence-corrected chi connectivity index (χ1v) is 12.5. The van der Waals surface area contributed by atoms with Crippen molar-refractivity contribution in [2.45, 2.75) is 110 Å². The van der Waals surface area contributed by atoms with Gasteiger partial charge >= 0.3 is 0 Å². The highest BCUT2D eigenvalue weighted by Crippen LogP contribution is 2.59. The predicted molar refractivity (Wildman–Crippen MR) is 129 cm³/mol. The van der Waals surface area contributed by atoms with Crippen molar-refractivity contribution in [3.05, 3.63) is 35.5 Å². The summed E-state index contributed by atoms with van der Waals surface area (Å²) < 4.78 is 0. The zero-order valence-corrected chi connectivity index (χ0v) is 20.7. The highest BCUT2D eigenvalue weighted by atomic mass is 16.3. The molecule has 3 aliphatic rings. The van der Waals surface area contributed by atoms with Gasteiger partial charge in [-0.1, -0.05) is 56.2 Å². The van der Waals surface area contributed by atoms with Gasteiger partial charge in [0, 0.05) is 12.3 Å². The van der Waals surface area contributed by atoms with Crippen LogP contribution in [0.15, 0.2) is 35.5 Å². The molecule has 3 heteroatoms. The lowest BCUT2D eigenvalue weighted by atomic mass is 9.61. The van der Waals surface area contributed by atoms with Crippen LogP contribution >= 0.6 is 0 Å². The van der Waals surface area contributed by atoms with Gasteiger partial charge in [0.05, 0.1) is 17.3 Å². The summed E-state index contributed by atoms with van der Waals surface area (Å²) in [6, 6.07) is 0. The van der Waals surface area contributed by atoms with E-state index in [1.165, 1.54) is 37.7 Å². The summed E-state index contributed by atoms with van der Waals surface area (Å²) in [5.74, 6) is 1.98. The molecule has 3 fully saturated rings. The Balaban J connectivity index is 1.74. The van der Waals surface area contributed by atoms with E-state index < -0.39 is 17.3 Å². The molecule has 0 aliphatic heterocycles. The second-order valence-electron chi connectivity index (χ2n) is 12.1. The van der Waals surface area contributed by atoms with Crippen molar-refractivity contribution in [3.8, 4) is 0 Å². The van der Waals surface area contributed by atoms with Crippen LogP contribution in [0.3, 0.4) is 0 Å². The first-order valence-electron chi connectivity index (χ1n) is 12.5.